The highest BCUT2D eigenvalue weighted by Crippen LogP contribution is 2.31. The molecule has 1 fully saturated rings. The molecule has 0 saturated heterocycles. The minimum absolute atomic E-state index is 0.0226. The summed E-state index contributed by atoms with van der Waals surface area (Å²) in [5, 5.41) is 17.3. The maximum Gasteiger partial charge on any atom is 0.149 e. The number of nitrogens with two attached hydrogens (primary N) is 1. The highest BCUT2D eigenvalue weighted by Gasteiger charge is 2.21. The fraction of sp³-hybridized carbons (Fsp3) is 0.360. The van der Waals surface area contributed by atoms with Crippen molar-refractivity contribution in [3.8, 4) is 28.8 Å². The van der Waals surface area contributed by atoms with Gasteiger partial charge in [0.1, 0.15) is 23.5 Å². The molecular weight excluding hydrogens is 405 g/mol. The van der Waals surface area contributed by atoms with Crippen LogP contribution >= 0.6 is 0 Å². The van der Waals surface area contributed by atoms with Gasteiger partial charge in [-0.2, -0.15) is 5.26 Å². The average Bonchev–Trinajstić information content (AvgIpc) is 3.27. The second-order valence-corrected chi connectivity index (χ2v) is 8.35. The van der Waals surface area contributed by atoms with Crippen LogP contribution in [0.25, 0.3) is 16.9 Å². The Labute approximate surface area is 187 Å². The van der Waals surface area contributed by atoms with Gasteiger partial charge in [-0.15, -0.1) is 5.10 Å². The molecule has 1 aromatic heterocycles. The Bertz CT molecular complexity index is 1100. The molecule has 32 heavy (non-hydrogen) atoms. The Morgan fingerprint density at radius 1 is 1.19 bits per heavy atom. The molecule has 0 bridgehead atoms. The van der Waals surface area contributed by atoms with Crippen LogP contribution < -0.4 is 15.8 Å². The minimum atomic E-state index is -0.544. The molecule has 2 aromatic carbocycles. The molecule has 4 rings (SSSR count). The van der Waals surface area contributed by atoms with Crippen molar-refractivity contribution >= 4 is 5.82 Å². The van der Waals surface area contributed by atoms with E-state index in [1.54, 1.807) is 17.9 Å². The molecule has 1 heterocycles. The van der Waals surface area contributed by atoms with E-state index in [1.165, 1.54) is 31.4 Å². The Morgan fingerprint density at radius 3 is 2.66 bits per heavy atom. The number of methoxy groups -OCH3 is 1. The number of halogens is 1. The van der Waals surface area contributed by atoms with Gasteiger partial charge >= 0.3 is 0 Å². The highest BCUT2D eigenvalue weighted by atomic mass is 19.1. The van der Waals surface area contributed by atoms with Crippen molar-refractivity contribution in [2.45, 2.75) is 25.7 Å². The van der Waals surface area contributed by atoms with Crippen molar-refractivity contribution < 1.29 is 9.13 Å². The third-order valence-electron chi connectivity index (χ3n) is 6.21. The third-order valence-corrected chi connectivity index (χ3v) is 6.21. The summed E-state index contributed by atoms with van der Waals surface area (Å²) in [4.78, 5) is 0. The summed E-state index contributed by atoms with van der Waals surface area (Å²) in [5.74, 6) is 2.10. The van der Waals surface area contributed by atoms with Gasteiger partial charge in [0, 0.05) is 18.2 Å². The lowest BCUT2D eigenvalue weighted by atomic mass is 9.81. The first kappa shape index (κ1) is 21.8. The van der Waals surface area contributed by atoms with Gasteiger partial charge < -0.3 is 15.8 Å². The summed E-state index contributed by atoms with van der Waals surface area (Å²) < 4.78 is 21.4. The zero-order chi connectivity index (χ0) is 22.5. The lowest BCUT2D eigenvalue weighted by Gasteiger charge is -2.28. The summed E-state index contributed by atoms with van der Waals surface area (Å²) in [6.45, 7) is 1.58. The van der Waals surface area contributed by atoms with Crippen molar-refractivity contribution in [3.63, 3.8) is 0 Å². The van der Waals surface area contributed by atoms with Crippen molar-refractivity contribution in [3.05, 3.63) is 59.9 Å². The van der Waals surface area contributed by atoms with Crippen molar-refractivity contribution in [1.29, 1.82) is 5.26 Å². The maximum absolute atomic E-state index is 14.3. The van der Waals surface area contributed by atoms with E-state index < -0.39 is 5.82 Å². The molecule has 1 aliphatic carbocycles. The SMILES string of the molecule is COc1ccc(-n2nc(NCC3CCC[C@@H](CN)C3)cc2-c2ccc(C#N)c(F)c2)cc1. The van der Waals surface area contributed by atoms with Crippen LogP contribution in [-0.2, 0) is 0 Å². The molecule has 0 spiro atoms. The lowest BCUT2D eigenvalue weighted by molar-refractivity contribution is 0.281. The Kier molecular flexibility index (Phi) is 6.72. The molecule has 1 saturated carbocycles. The second kappa shape index (κ2) is 9.84. The van der Waals surface area contributed by atoms with E-state index in [4.69, 9.17) is 20.8 Å². The smallest absolute Gasteiger partial charge is 0.149 e. The number of benzene rings is 2. The molecule has 0 amide bonds. The van der Waals surface area contributed by atoms with Crippen LogP contribution in [0.5, 0.6) is 5.75 Å². The number of hydrogen-bond donors (Lipinski definition) is 2. The second-order valence-electron chi connectivity index (χ2n) is 8.35. The molecule has 1 aliphatic rings. The average molecular weight is 434 g/mol. The Balaban J connectivity index is 1.63. The van der Waals surface area contributed by atoms with E-state index in [-0.39, 0.29) is 5.56 Å². The van der Waals surface area contributed by atoms with Gasteiger partial charge in [0.05, 0.1) is 24.1 Å². The highest BCUT2D eigenvalue weighted by molar-refractivity contribution is 5.67. The monoisotopic (exact) mass is 433 g/mol. The van der Waals surface area contributed by atoms with E-state index in [1.807, 2.05) is 36.4 Å². The van der Waals surface area contributed by atoms with Gasteiger partial charge in [-0.05, 0) is 74.0 Å². The summed E-state index contributed by atoms with van der Waals surface area (Å²) in [5.41, 5.74) is 8.13. The zero-order valence-electron chi connectivity index (χ0n) is 18.2. The van der Waals surface area contributed by atoms with E-state index in [9.17, 15) is 4.39 Å². The fourth-order valence-corrected chi connectivity index (χ4v) is 4.41. The van der Waals surface area contributed by atoms with Crippen molar-refractivity contribution in [1.82, 2.24) is 9.78 Å². The number of nitrogens with zero attached hydrogens (tertiary/aromatic N) is 3. The molecule has 0 aliphatic heterocycles. The quantitative estimate of drug-likeness (QED) is 0.562. The van der Waals surface area contributed by atoms with Gasteiger partial charge in [0.25, 0.3) is 0 Å². The summed E-state index contributed by atoms with van der Waals surface area (Å²) >= 11 is 0. The predicted octanol–water partition coefficient (Wildman–Crippen LogP) is 4.74. The number of aromatic nitrogens is 2. The van der Waals surface area contributed by atoms with E-state index in [0.29, 0.717) is 17.4 Å². The van der Waals surface area contributed by atoms with E-state index >= 15 is 0 Å². The number of nitriles is 1. The third kappa shape index (κ3) is 4.76. The standard InChI is InChI=1S/C25H28FN5O/c1-32-22-9-7-21(8-10-22)31-24(19-5-6-20(15-28)23(26)12-19)13-25(30-31)29-16-18-4-2-3-17(11-18)14-27/h5-10,12-13,17-18H,2-4,11,14,16,27H2,1H3,(H,29,30)/t17-,18?/m1/s1. The fourth-order valence-electron chi connectivity index (χ4n) is 4.41. The zero-order valence-corrected chi connectivity index (χ0v) is 18.2. The van der Waals surface area contributed by atoms with Crippen LogP contribution in [0, 0.1) is 29.0 Å². The van der Waals surface area contributed by atoms with Gasteiger partial charge in [0.15, 0.2) is 0 Å². The largest absolute Gasteiger partial charge is 0.497 e. The van der Waals surface area contributed by atoms with Gasteiger partial charge in [-0.25, -0.2) is 9.07 Å². The molecule has 3 N–H and O–H groups in total. The normalized spacial score (nSPS) is 18.2. The van der Waals surface area contributed by atoms with E-state index in [0.717, 1.165) is 42.5 Å². The summed E-state index contributed by atoms with van der Waals surface area (Å²) in [7, 11) is 1.62. The number of ether oxygens (including phenoxy) is 1. The molecule has 3 aromatic rings. The lowest BCUT2D eigenvalue weighted by Crippen LogP contribution is -2.26. The number of hydrogen-bond acceptors (Lipinski definition) is 5. The van der Waals surface area contributed by atoms with Crippen molar-refractivity contribution in [2.75, 3.05) is 25.5 Å². The topological polar surface area (TPSA) is 88.9 Å². The molecule has 1 unspecified atom stereocenters. The number of anilines is 1. The van der Waals surface area contributed by atoms with Crippen molar-refractivity contribution in [2.24, 2.45) is 17.6 Å². The Morgan fingerprint density at radius 2 is 1.97 bits per heavy atom. The first-order valence-corrected chi connectivity index (χ1v) is 11.0. The van der Waals surface area contributed by atoms with Gasteiger partial charge in [-0.1, -0.05) is 12.5 Å². The van der Waals surface area contributed by atoms with E-state index in [2.05, 4.69) is 5.32 Å². The minimum Gasteiger partial charge on any atom is -0.497 e. The van der Waals surface area contributed by atoms with Gasteiger partial charge in [-0.3, -0.25) is 0 Å². The van der Waals surface area contributed by atoms with Crippen LogP contribution in [0.1, 0.15) is 31.2 Å². The first-order chi connectivity index (χ1) is 15.6. The summed E-state index contributed by atoms with van der Waals surface area (Å²) in [6, 6.07) is 16.0. The first-order valence-electron chi connectivity index (χ1n) is 11.0. The van der Waals surface area contributed by atoms with Crippen LogP contribution in [0.2, 0.25) is 0 Å². The van der Waals surface area contributed by atoms with Crippen LogP contribution in [-0.4, -0.2) is 30.0 Å². The van der Waals surface area contributed by atoms with Crippen LogP contribution in [0.4, 0.5) is 10.2 Å². The molecule has 6 nitrogen and oxygen atoms in total. The molecule has 2 atom stereocenters. The summed E-state index contributed by atoms with van der Waals surface area (Å²) in [6.07, 6.45) is 4.75. The van der Waals surface area contributed by atoms with Gasteiger partial charge in [0.2, 0.25) is 0 Å². The molecule has 166 valence electrons. The predicted molar refractivity (Wildman–Crippen MR) is 123 cm³/mol. The van der Waals surface area contributed by atoms with Crippen LogP contribution in [0.3, 0.4) is 0 Å². The maximum atomic E-state index is 14.3. The molecule has 0 radical (unpaired) electrons. The molecule has 7 heteroatoms. The molecular formula is C25H28FN5O. The van der Waals surface area contributed by atoms with Crippen LogP contribution in [0.15, 0.2) is 48.5 Å². The number of nitrogens with one attached hydrogen (secondary N) is 1. The number of rotatable bonds is 7. The Hall–Kier alpha value is -3.37.